The van der Waals surface area contributed by atoms with Gasteiger partial charge in [0, 0.05) is 15.7 Å². The number of benzene rings is 2. The van der Waals surface area contributed by atoms with Gasteiger partial charge in [-0.25, -0.2) is 4.79 Å². The predicted octanol–water partition coefficient (Wildman–Crippen LogP) is 5.01. The number of carbonyl (C=O) groups excluding carboxylic acids is 2. The maximum atomic E-state index is 12.9. The number of nitrogens with one attached hydrogen (secondary N) is 3. The first kappa shape index (κ1) is 23.4. The molecule has 1 aromatic heterocycles. The fourth-order valence-corrected chi connectivity index (χ4v) is 3.82. The average Bonchev–Trinajstić information content (AvgIpc) is 3.26. The van der Waals surface area contributed by atoms with Crippen LogP contribution in [-0.2, 0) is 4.79 Å². The van der Waals surface area contributed by atoms with E-state index in [-0.39, 0.29) is 11.8 Å². The number of nitriles is 1. The van der Waals surface area contributed by atoms with Gasteiger partial charge in [-0.2, -0.15) is 5.26 Å². The third kappa shape index (κ3) is 6.12. The Bertz CT molecular complexity index is 1120. The zero-order valence-corrected chi connectivity index (χ0v) is 19.8. The van der Waals surface area contributed by atoms with Crippen LogP contribution in [0.25, 0.3) is 10.6 Å². The monoisotopic (exact) mass is 512 g/mol. The van der Waals surface area contributed by atoms with Gasteiger partial charge in [-0.3, -0.25) is 10.1 Å². The summed E-state index contributed by atoms with van der Waals surface area (Å²) in [5.74, 6) is -0.478. The molecule has 32 heavy (non-hydrogen) atoms. The van der Waals surface area contributed by atoms with Crippen molar-refractivity contribution in [1.82, 2.24) is 15.5 Å². The van der Waals surface area contributed by atoms with Crippen LogP contribution in [0.2, 0.25) is 0 Å². The van der Waals surface area contributed by atoms with Crippen LogP contribution in [0.15, 0.2) is 53.0 Å². The fourth-order valence-electron chi connectivity index (χ4n) is 2.80. The molecular weight excluding hydrogens is 492 g/mol. The van der Waals surface area contributed by atoms with E-state index >= 15 is 0 Å². The Morgan fingerprint density at radius 2 is 1.78 bits per heavy atom. The van der Waals surface area contributed by atoms with Crippen LogP contribution in [0.4, 0.5) is 15.6 Å². The molecule has 0 saturated carbocycles. The summed E-state index contributed by atoms with van der Waals surface area (Å²) in [6.45, 7) is 3.83. The lowest BCUT2D eigenvalue weighted by Crippen LogP contribution is -2.49. The van der Waals surface area contributed by atoms with Gasteiger partial charge in [0.25, 0.3) is 0 Å². The number of urea groups is 1. The summed E-state index contributed by atoms with van der Waals surface area (Å²) in [6.07, 6.45) is 0.690. The molecule has 0 aliphatic carbocycles. The van der Waals surface area contributed by atoms with Crippen molar-refractivity contribution in [1.29, 1.82) is 5.26 Å². The number of carbonyl (C=O) groups is 2. The molecule has 0 bridgehead atoms. The molecule has 2 aromatic carbocycles. The topological polar surface area (TPSA) is 120 Å². The number of nitrogens with zero attached hydrogens (tertiary/aromatic N) is 3. The summed E-state index contributed by atoms with van der Waals surface area (Å²) < 4.78 is 0.959. The van der Waals surface area contributed by atoms with E-state index < -0.39 is 12.1 Å². The number of halogens is 1. The summed E-state index contributed by atoms with van der Waals surface area (Å²) in [5, 5.41) is 26.3. The summed E-state index contributed by atoms with van der Waals surface area (Å²) in [5.41, 5.74) is 1.91. The lowest BCUT2D eigenvalue weighted by atomic mass is 9.98. The van der Waals surface area contributed by atoms with Crippen LogP contribution in [0.3, 0.4) is 0 Å². The van der Waals surface area contributed by atoms with Crippen molar-refractivity contribution < 1.29 is 9.59 Å². The Balaban J connectivity index is 1.66. The van der Waals surface area contributed by atoms with E-state index in [9.17, 15) is 9.59 Å². The van der Waals surface area contributed by atoms with Crippen LogP contribution >= 0.6 is 27.3 Å². The van der Waals surface area contributed by atoms with Gasteiger partial charge in [0.2, 0.25) is 11.0 Å². The van der Waals surface area contributed by atoms with E-state index in [2.05, 4.69) is 42.1 Å². The smallest absolute Gasteiger partial charge is 0.319 e. The number of aromatic nitrogens is 2. The second-order valence-corrected chi connectivity index (χ2v) is 8.95. The van der Waals surface area contributed by atoms with Crippen LogP contribution in [0.5, 0.6) is 0 Å². The molecule has 3 aromatic rings. The minimum absolute atomic E-state index is 0.111. The maximum absolute atomic E-state index is 12.9. The van der Waals surface area contributed by atoms with Crippen LogP contribution in [0, 0.1) is 17.2 Å². The first-order valence-electron chi connectivity index (χ1n) is 9.87. The molecule has 3 amide bonds. The number of hydrogen-bond donors (Lipinski definition) is 3. The van der Waals surface area contributed by atoms with Crippen LogP contribution in [0.1, 0.15) is 25.8 Å². The zero-order chi connectivity index (χ0) is 23.1. The van der Waals surface area contributed by atoms with Gasteiger partial charge in [0.05, 0.1) is 11.6 Å². The van der Waals surface area contributed by atoms with Gasteiger partial charge in [0.15, 0.2) is 0 Å². The lowest BCUT2D eigenvalue weighted by Gasteiger charge is -2.23. The Hall–Kier alpha value is -3.29. The highest BCUT2D eigenvalue weighted by Gasteiger charge is 2.27. The highest BCUT2D eigenvalue weighted by atomic mass is 79.9. The van der Waals surface area contributed by atoms with Crippen molar-refractivity contribution in [3.05, 3.63) is 58.6 Å². The fraction of sp³-hybridized carbons (Fsp3) is 0.227. The maximum Gasteiger partial charge on any atom is 0.319 e. The lowest BCUT2D eigenvalue weighted by molar-refractivity contribution is -0.119. The molecule has 3 rings (SSSR count). The molecule has 10 heteroatoms. The number of hydrogen-bond acceptors (Lipinski definition) is 6. The van der Waals surface area contributed by atoms with Crippen LogP contribution < -0.4 is 16.0 Å². The Kier molecular flexibility index (Phi) is 7.92. The van der Waals surface area contributed by atoms with E-state index in [4.69, 9.17) is 5.26 Å². The first-order valence-corrected chi connectivity index (χ1v) is 11.5. The van der Waals surface area contributed by atoms with Gasteiger partial charge in [0.1, 0.15) is 11.0 Å². The van der Waals surface area contributed by atoms with Crippen molar-refractivity contribution in [2.24, 2.45) is 5.92 Å². The Labute approximate surface area is 198 Å². The highest BCUT2D eigenvalue weighted by Crippen LogP contribution is 2.27. The molecule has 0 saturated heterocycles. The number of anilines is 2. The van der Waals surface area contributed by atoms with E-state index in [0.717, 1.165) is 10.0 Å². The zero-order valence-electron chi connectivity index (χ0n) is 17.4. The van der Waals surface area contributed by atoms with E-state index in [1.165, 1.54) is 11.3 Å². The molecule has 0 unspecified atom stereocenters. The molecule has 0 radical (unpaired) electrons. The van der Waals surface area contributed by atoms with Gasteiger partial charge in [-0.05, 0) is 42.3 Å². The molecule has 8 nitrogen and oxygen atoms in total. The standard InChI is InChI=1S/C22H21BrN6O2S/c1-3-13(2)18(26-21(31)25-17-10-4-14(12-24)5-11-17)19(30)27-22-29-28-20(32-22)15-6-8-16(23)9-7-15/h4-11,13,18H,3H2,1-2H3,(H2,25,26,31)(H,27,29,30)/t13-,18+/m0/s1. The number of rotatable bonds is 7. The predicted molar refractivity (Wildman–Crippen MR) is 128 cm³/mol. The third-order valence-electron chi connectivity index (χ3n) is 4.80. The largest absolute Gasteiger partial charge is 0.326 e. The van der Waals surface area contributed by atoms with E-state index in [0.29, 0.717) is 27.8 Å². The summed E-state index contributed by atoms with van der Waals surface area (Å²) >= 11 is 4.65. The van der Waals surface area contributed by atoms with Gasteiger partial charge in [-0.15, -0.1) is 10.2 Å². The highest BCUT2D eigenvalue weighted by molar-refractivity contribution is 9.10. The second-order valence-electron chi connectivity index (χ2n) is 7.06. The van der Waals surface area contributed by atoms with Crippen molar-refractivity contribution in [2.75, 3.05) is 10.6 Å². The van der Waals surface area contributed by atoms with E-state index in [1.54, 1.807) is 24.3 Å². The van der Waals surface area contributed by atoms with Crippen LogP contribution in [-0.4, -0.2) is 28.2 Å². The number of amides is 3. The molecule has 0 aliphatic heterocycles. The van der Waals surface area contributed by atoms with Crippen molar-refractivity contribution in [2.45, 2.75) is 26.3 Å². The molecule has 0 aliphatic rings. The first-order chi connectivity index (χ1) is 15.4. The van der Waals surface area contributed by atoms with E-state index in [1.807, 2.05) is 44.2 Å². The van der Waals surface area contributed by atoms with Crippen molar-refractivity contribution >= 4 is 50.0 Å². The van der Waals surface area contributed by atoms with Crippen molar-refractivity contribution in [3.63, 3.8) is 0 Å². The second kappa shape index (κ2) is 10.8. The molecular formula is C22H21BrN6O2S. The molecule has 3 N–H and O–H groups in total. The summed E-state index contributed by atoms with van der Waals surface area (Å²) in [6, 6.07) is 14.8. The third-order valence-corrected chi connectivity index (χ3v) is 6.22. The Morgan fingerprint density at radius 1 is 1.09 bits per heavy atom. The van der Waals surface area contributed by atoms with Gasteiger partial charge < -0.3 is 10.6 Å². The average molecular weight is 513 g/mol. The minimum atomic E-state index is -0.765. The molecule has 0 fully saturated rings. The molecule has 1 heterocycles. The molecule has 164 valence electrons. The Morgan fingerprint density at radius 3 is 2.41 bits per heavy atom. The van der Waals surface area contributed by atoms with Gasteiger partial charge >= 0.3 is 6.03 Å². The summed E-state index contributed by atoms with van der Waals surface area (Å²) in [7, 11) is 0. The summed E-state index contributed by atoms with van der Waals surface area (Å²) in [4.78, 5) is 25.4. The molecule has 0 spiro atoms. The minimum Gasteiger partial charge on any atom is -0.326 e. The molecule has 2 atom stereocenters. The van der Waals surface area contributed by atoms with Crippen molar-refractivity contribution in [3.8, 4) is 16.6 Å². The SMILES string of the molecule is CC[C@H](C)[C@@H](NC(=O)Nc1ccc(C#N)cc1)C(=O)Nc1nnc(-c2ccc(Br)cc2)s1. The van der Waals surface area contributed by atoms with Gasteiger partial charge in [-0.1, -0.05) is 59.7 Å². The normalized spacial score (nSPS) is 12.3. The quantitative estimate of drug-likeness (QED) is 0.410.